The number of carbonyl (C=O) groups is 1. The number of aromatic hydroxyl groups is 2. The molecule has 0 radical (unpaired) electrons. The van der Waals surface area contributed by atoms with Gasteiger partial charge in [-0.15, -0.1) is 0 Å². The van der Waals surface area contributed by atoms with Gasteiger partial charge in [0, 0.05) is 65.8 Å². The number of aromatic nitrogens is 3. The molecule has 1 aliphatic carbocycles. The highest BCUT2D eigenvalue weighted by atomic mass is 19.3. The standard InChI is InChI=1S/C45H58F2N8O7/c1-25(27-18-28(40(46)47)20-29(48)19-27)50-41-31-21-36(35(61-4)22-33(31)51-26(2)52-41)62-24-45(15-16-45)23-54(3)38(57)12-7-5-6-8-17-49-32-11-9-10-30-39(32)44(60)55(43(30)59)34-13-14-37(56)53-42(34)58/h9-11,18-22,25,34,37,40,42,49,53,56,58-60H,5-8,12-17,23-24,48H2,1-4H3,(H,50,51,52)/t25-,34?,37?,42?/m1/s1. The van der Waals surface area contributed by atoms with Crippen molar-refractivity contribution in [1.29, 1.82) is 0 Å². The van der Waals surface area contributed by atoms with Gasteiger partial charge in [-0.2, -0.15) is 0 Å². The van der Waals surface area contributed by atoms with Crippen LogP contribution in [0.1, 0.15) is 100 Å². The van der Waals surface area contributed by atoms with Gasteiger partial charge in [-0.3, -0.25) is 14.7 Å². The Morgan fingerprint density at radius 1 is 1.02 bits per heavy atom. The normalized spacial score (nSPS) is 18.8. The summed E-state index contributed by atoms with van der Waals surface area (Å²) in [5.74, 6) is 1.83. The first-order chi connectivity index (χ1) is 29.7. The molecule has 2 aromatic heterocycles. The Hall–Kier alpha value is -5.65. The highest BCUT2D eigenvalue weighted by Crippen LogP contribution is 2.48. The number of ether oxygens (including phenoxy) is 2. The van der Waals surface area contributed by atoms with Gasteiger partial charge in [0.1, 0.15) is 24.1 Å². The number of nitrogen functional groups attached to an aromatic ring is 1. The number of aryl methyl sites for hydroxylation is 1. The van der Waals surface area contributed by atoms with Crippen molar-refractivity contribution in [3.8, 4) is 23.3 Å². The zero-order valence-corrected chi connectivity index (χ0v) is 35.6. The molecule has 1 amide bonds. The average molecular weight is 861 g/mol. The molecule has 3 heterocycles. The molecule has 9 N–H and O–H groups in total. The third-order valence-electron chi connectivity index (χ3n) is 12.1. The molecule has 4 atom stereocenters. The van der Waals surface area contributed by atoms with Crippen LogP contribution in [0.2, 0.25) is 0 Å². The molecule has 0 spiro atoms. The first-order valence-electron chi connectivity index (χ1n) is 21.3. The minimum absolute atomic E-state index is 0.0788. The van der Waals surface area contributed by atoms with Gasteiger partial charge < -0.3 is 51.2 Å². The maximum absolute atomic E-state index is 13.5. The number of aliphatic hydroxyl groups excluding tert-OH is 2. The number of hydrogen-bond donors (Lipinski definition) is 8. The number of hydrogen-bond acceptors (Lipinski definition) is 13. The minimum Gasteiger partial charge on any atom is -0.494 e. The summed E-state index contributed by atoms with van der Waals surface area (Å²) in [5, 5.41) is 53.4. The third kappa shape index (κ3) is 9.85. The van der Waals surface area contributed by atoms with Crippen molar-refractivity contribution in [2.45, 2.75) is 103 Å². The van der Waals surface area contributed by atoms with Gasteiger partial charge in [0.2, 0.25) is 17.7 Å². The van der Waals surface area contributed by atoms with Crippen molar-refractivity contribution < 1.29 is 43.5 Å². The second-order valence-corrected chi connectivity index (χ2v) is 16.9. The monoisotopic (exact) mass is 860 g/mol. The number of halogens is 2. The number of nitrogens with two attached hydrogens (primary N) is 1. The van der Waals surface area contributed by atoms with E-state index in [9.17, 15) is 34.0 Å². The number of benzene rings is 3. The molecule has 2 aliphatic rings. The minimum atomic E-state index is -2.65. The van der Waals surface area contributed by atoms with Crippen LogP contribution < -0.4 is 31.2 Å². The first kappa shape index (κ1) is 44.4. The smallest absolute Gasteiger partial charge is 0.263 e. The Morgan fingerprint density at radius 2 is 1.77 bits per heavy atom. The van der Waals surface area contributed by atoms with Crippen LogP contribution >= 0.6 is 0 Å². The third-order valence-corrected chi connectivity index (χ3v) is 12.1. The fourth-order valence-corrected chi connectivity index (χ4v) is 8.46. The number of alkyl halides is 2. The van der Waals surface area contributed by atoms with Gasteiger partial charge >= 0.3 is 0 Å². The lowest BCUT2D eigenvalue weighted by Crippen LogP contribution is -2.47. The van der Waals surface area contributed by atoms with Crippen molar-refractivity contribution in [3.63, 3.8) is 0 Å². The number of anilines is 3. The van der Waals surface area contributed by atoms with Gasteiger partial charge in [0.05, 0.1) is 36.7 Å². The van der Waals surface area contributed by atoms with Gasteiger partial charge in [0.25, 0.3) is 6.43 Å². The zero-order valence-electron chi connectivity index (χ0n) is 35.6. The van der Waals surface area contributed by atoms with Crippen LogP contribution in [-0.4, -0.2) is 92.1 Å². The summed E-state index contributed by atoms with van der Waals surface area (Å²) >= 11 is 0. The molecule has 0 bridgehead atoms. The molecule has 15 nitrogen and oxygen atoms in total. The Kier molecular flexibility index (Phi) is 13.4. The number of piperidine rings is 1. The number of aliphatic hydroxyl groups is 2. The summed E-state index contributed by atoms with van der Waals surface area (Å²) in [5.41, 5.74) is 7.76. The summed E-state index contributed by atoms with van der Waals surface area (Å²) in [6, 6.07) is 12.3. The van der Waals surface area contributed by atoms with Crippen molar-refractivity contribution >= 4 is 44.8 Å². The van der Waals surface area contributed by atoms with Crippen LogP contribution in [0.25, 0.3) is 21.7 Å². The number of nitrogens with one attached hydrogen (secondary N) is 3. The summed E-state index contributed by atoms with van der Waals surface area (Å²) in [4.78, 5) is 24.3. The Balaban J connectivity index is 0.888. The Morgan fingerprint density at radius 3 is 2.50 bits per heavy atom. The fourth-order valence-electron chi connectivity index (χ4n) is 8.46. The van der Waals surface area contributed by atoms with E-state index >= 15 is 0 Å². The lowest BCUT2D eigenvalue weighted by Gasteiger charge is -2.33. The second kappa shape index (κ2) is 18.8. The highest BCUT2D eigenvalue weighted by molar-refractivity contribution is 6.02. The predicted molar refractivity (Wildman–Crippen MR) is 234 cm³/mol. The average Bonchev–Trinajstić information content (AvgIpc) is 3.95. The maximum Gasteiger partial charge on any atom is 0.263 e. The van der Waals surface area contributed by atoms with Crippen LogP contribution in [0.15, 0.2) is 48.5 Å². The molecule has 5 aromatic rings. The molecule has 7 rings (SSSR count). The van der Waals surface area contributed by atoms with E-state index in [-0.39, 0.29) is 34.3 Å². The predicted octanol–water partition coefficient (Wildman–Crippen LogP) is 7.25. The van der Waals surface area contributed by atoms with E-state index in [0.717, 1.165) is 38.5 Å². The molecule has 334 valence electrons. The van der Waals surface area contributed by atoms with Crippen molar-refractivity contribution in [1.82, 2.24) is 24.8 Å². The highest BCUT2D eigenvalue weighted by Gasteiger charge is 2.45. The quantitative estimate of drug-likeness (QED) is 0.0304. The summed E-state index contributed by atoms with van der Waals surface area (Å²) in [6.07, 6.45) is 1.73. The van der Waals surface area contributed by atoms with E-state index < -0.39 is 31.0 Å². The van der Waals surface area contributed by atoms with E-state index in [1.54, 1.807) is 43.2 Å². The van der Waals surface area contributed by atoms with E-state index in [0.29, 0.717) is 95.0 Å². The van der Waals surface area contributed by atoms with Gasteiger partial charge in [0.15, 0.2) is 11.5 Å². The molecular formula is C45H58F2N8O7. The second-order valence-electron chi connectivity index (χ2n) is 16.9. The molecule has 3 aromatic carbocycles. The van der Waals surface area contributed by atoms with Crippen LogP contribution in [0, 0.1) is 12.3 Å². The number of fused-ring (bicyclic) bond motifs is 2. The Labute approximate surface area is 359 Å². The number of carbonyl (C=O) groups excluding carboxylic acids is 1. The largest absolute Gasteiger partial charge is 0.494 e. The lowest BCUT2D eigenvalue weighted by atomic mass is 10.0. The lowest BCUT2D eigenvalue weighted by molar-refractivity contribution is -0.131. The summed E-state index contributed by atoms with van der Waals surface area (Å²) in [7, 11) is 3.40. The van der Waals surface area contributed by atoms with E-state index in [2.05, 4.69) is 25.9 Å². The van der Waals surface area contributed by atoms with Crippen LogP contribution in [0.3, 0.4) is 0 Å². The molecule has 17 heteroatoms. The van der Waals surface area contributed by atoms with Crippen LogP contribution in [0.4, 0.5) is 26.0 Å². The molecular weight excluding hydrogens is 803 g/mol. The van der Waals surface area contributed by atoms with E-state index in [1.807, 2.05) is 26.1 Å². The van der Waals surface area contributed by atoms with Crippen molar-refractivity contribution in [2.24, 2.45) is 5.41 Å². The Bertz CT molecular complexity index is 2390. The van der Waals surface area contributed by atoms with Crippen molar-refractivity contribution in [3.05, 3.63) is 65.5 Å². The van der Waals surface area contributed by atoms with Gasteiger partial charge in [-0.1, -0.05) is 18.9 Å². The molecule has 2 fully saturated rings. The summed E-state index contributed by atoms with van der Waals surface area (Å²) in [6.45, 7) is 5.19. The van der Waals surface area contributed by atoms with E-state index in [4.69, 9.17) is 15.2 Å². The zero-order chi connectivity index (χ0) is 44.3. The van der Waals surface area contributed by atoms with Crippen molar-refractivity contribution in [2.75, 3.05) is 50.2 Å². The maximum atomic E-state index is 13.5. The number of nitrogens with zero attached hydrogens (tertiary/aromatic N) is 4. The topological polar surface area (TPSA) is 213 Å². The van der Waals surface area contributed by atoms with Gasteiger partial charge in [-0.05, 0) is 94.3 Å². The number of methoxy groups -OCH3 is 1. The summed E-state index contributed by atoms with van der Waals surface area (Å²) < 4.78 is 40.5. The molecule has 3 unspecified atom stereocenters. The molecule has 62 heavy (non-hydrogen) atoms. The number of unbranched alkanes of at least 4 members (excludes halogenated alkanes) is 3. The first-order valence-corrected chi connectivity index (χ1v) is 21.3. The van der Waals surface area contributed by atoms with Crippen LogP contribution in [-0.2, 0) is 4.79 Å². The van der Waals surface area contributed by atoms with Crippen LogP contribution in [0.5, 0.6) is 23.3 Å². The van der Waals surface area contributed by atoms with Gasteiger partial charge in [-0.25, -0.2) is 18.7 Å². The molecule has 1 aliphatic heterocycles. The SMILES string of the molecule is COc1cc2nc(C)nc(N[C@H](C)c3cc(N)cc(C(F)F)c3)c2cc1OCC1(CN(C)C(=O)CCCCCCNc2cccc3c(O)n(C4CCC(O)NC4O)c(O)c23)CC1. The van der Waals surface area contributed by atoms with E-state index in [1.165, 1.54) is 16.7 Å². The fraction of sp³-hybridized carbons (Fsp3) is 0.489. The number of rotatable bonds is 19. The molecule has 1 saturated carbocycles. The number of amides is 1. The molecule has 1 saturated heterocycles.